The molecule has 2 rings (SSSR count). The van der Waals surface area contributed by atoms with Gasteiger partial charge < -0.3 is 9.73 Å². The lowest BCUT2D eigenvalue weighted by Crippen LogP contribution is -2.19. The zero-order valence-electron chi connectivity index (χ0n) is 11.5. The largest absolute Gasteiger partial charge is 0.443 e. The van der Waals surface area contributed by atoms with Crippen LogP contribution >= 0.6 is 0 Å². The van der Waals surface area contributed by atoms with Crippen LogP contribution in [0.25, 0.3) is 11.3 Å². The highest BCUT2D eigenvalue weighted by atomic mass is 19.1. The van der Waals surface area contributed by atoms with E-state index in [0.29, 0.717) is 18.2 Å². The molecule has 1 aromatic carbocycles. The summed E-state index contributed by atoms with van der Waals surface area (Å²) in [6.45, 7) is 7.75. The monoisotopic (exact) mass is 262 g/mol. The molecule has 19 heavy (non-hydrogen) atoms. The number of nitrogens with one attached hydrogen (secondary N) is 1. The maximum absolute atomic E-state index is 13.1. The fraction of sp³-hybridized carbons (Fsp3) is 0.400. The Morgan fingerprint density at radius 2 is 2.16 bits per heavy atom. The molecular weight excluding hydrogens is 243 g/mol. The summed E-state index contributed by atoms with van der Waals surface area (Å²) in [4.78, 5) is 4.23. The predicted octanol–water partition coefficient (Wildman–Crippen LogP) is 3.53. The van der Waals surface area contributed by atoms with E-state index in [1.165, 1.54) is 18.5 Å². The van der Waals surface area contributed by atoms with Gasteiger partial charge >= 0.3 is 0 Å². The van der Waals surface area contributed by atoms with Crippen LogP contribution in [0.2, 0.25) is 0 Å². The number of hydrogen-bond acceptors (Lipinski definition) is 3. The number of hydrogen-bond donors (Lipinski definition) is 1. The van der Waals surface area contributed by atoms with E-state index in [1.54, 1.807) is 6.07 Å². The van der Waals surface area contributed by atoms with Crippen LogP contribution in [0, 0.1) is 18.7 Å². The average Bonchev–Trinajstić information content (AvgIpc) is 2.77. The van der Waals surface area contributed by atoms with Crippen LogP contribution in [-0.4, -0.2) is 11.5 Å². The molecule has 0 unspecified atom stereocenters. The minimum Gasteiger partial charge on any atom is -0.443 e. The van der Waals surface area contributed by atoms with E-state index in [-0.39, 0.29) is 5.82 Å². The van der Waals surface area contributed by atoms with Crippen molar-refractivity contribution in [3.63, 3.8) is 0 Å². The first-order chi connectivity index (χ1) is 9.08. The van der Waals surface area contributed by atoms with Gasteiger partial charge in [0.25, 0.3) is 0 Å². The van der Waals surface area contributed by atoms with Gasteiger partial charge in [0.05, 0.1) is 0 Å². The van der Waals surface area contributed by atoms with Crippen LogP contribution in [0.4, 0.5) is 4.39 Å². The highest BCUT2D eigenvalue weighted by molar-refractivity contribution is 5.63. The Balaban J connectivity index is 2.19. The Morgan fingerprint density at radius 1 is 1.37 bits per heavy atom. The van der Waals surface area contributed by atoms with Crippen molar-refractivity contribution in [1.29, 1.82) is 0 Å². The Hall–Kier alpha value is -1.68. The van der Waals surface area contributed by atoms with Crippen molar-refractivity contribution in [3.8, 4) is 11.3 Å². The molecule has 0 bridgehead atoms. The maximum atomic E-state index is 13.1. The highest BCUT2D eigenvalue weighted by Crippen LogP contribution is 2.26. The van der Waals surface area contributed by atoms with Gasteiger partial charge in [0.1, 0.15) is 11.5 Å². The normalized spacial score (nSPS) is 11.2. The molecule has 0 aliphatic carbocycles. The second kappa shape index (κ2) is 5.97. The molecule has 0 fully saturated rings. The second-order valence-electron chi connectivity index (χ2n) is 5.11. The lowest BCUT2D eigenvalue weighted by atomic mass is 10.0. The van der Waals surface area contributed by atoms with Crippen LogP contribution in [0.15, 0.2) is 29.0 Å². The number of halogens is 1. The summed E-state index contributed by atoms with van der Waals surface area (Å²) in [6.07, 6.45) is 1.44. The molecule has 0 saturated carbocycles. The zero-order chi connectivity index (χ0) is 13.8. The Bertz CT molecular complexity index is 549. The molecular formula is C15H19FN2O. The van der Waals surface area contributed by atoms with E-state index in [1.807, 2.05) is 6.92 Å². The third-order valence-corrected chi connectivity index (χ3v) is 2.92. The summed E-state index contributed by atoms with van der Waals surface area (Å²) in [5.41, 5.74) is 2.59. The average molecular weight is 262 g/mol. The van der Waals surface area contributed by atoms with Gasteiger partial charge in [-0.2, -0.15) is 0 Å². The molecule has 4 heteroatoms. The molecule has 1 aromatic heterocycles. The first-order valence-corrected chi connectivity index (χ1v) is 6.47. The van der Waals surface area contributed by atoms with Gasteiger partial charge in [-0.15, -0.1) is 0 Å². The third-order valence-electron chi connectivity index (χ3n) is 2.92. The summed E-state index contributed by atoms with van der Waals surface area (Å²) in [5.74, 6) is 1.07. The van der Waals surface area contributed by atoms with Crippen LogP contribution in [0.5, 0.6) is 0 Å². The number of aryl methyl sites for hydroxylation is 1. The Kier molecular flexibility index (Phi) is 4.32. The fourth-order valence-electron chi connectivity index (χ4n) is 1.98. The summed E-state index contributed by atoms with van der Waals surface area (Å²) < 4.78 is 18.6. The van der Waals surface area contributed by atoms with Crippen LogP contribution < -0.4 is 5.32 Å². The summed E-state index contributed by atoms with van der Waals surface area (Å²) in [6, 6.07) is 4.68. The van der Waals surface area contributed by atoms with E-state index in [2.05, 4.69) is 24.1 Å². The third kappa shape index (κ3) is 3.41. The van der Waals surface area contributed by atoms with Crippen molar-refractivity contribution in [1.82, 2.24) is 10.3 Å². The minimum absolute atomic E-state index is 0.236. The molecule has 3 nitrogen and oxygen atoms in total. The summed E-state index contributed by atoms with van der Waals surface area (Å²) in [5, 5.41) is 3.33. The quantitative estimate of drug-likeness (QED) is 0.895. The molecule has 0 aliphatic rings. The number of benzene rings is 1. The smallest absolute Gasteiger partial charge is 0.181 e. The van der Waals surface area contributed by atoms with E-state index in [9.17, 15) is 4.39 Å². The van der Waals surface area contributed by atoms with Crippen molar-refractivity contribution in [2.45, 2.75) is 27.3 Å². The lowest BCUT2D eigenvalue weighted by Gasteiger charge is -2.08. The van der Waals surface area contributed by atoms with Crippen molar-refractivity contribution in [3.05, 3.63) is 41.7 Å². The van der Waals surface area contributed by atoms with Crippen LogP contribution in [0.1, 0.15) is 25.1 Å². The van der Waals surface area contributed by atoms with E-state index in [4.69, 9.17) is 4.42 Å². The second-order valence-corrected chi connectivity index (χ2v) is 5.11. The molecule has 1 N–H and O–H groups in total. The molecule has 0 aliphatic heterocycles. The first-order valence-electron chi connectivity index (χ1n) is 6.47. The van der Waals surface area contributed by atoms with E-state index in [0.717, 1.165) is 23.4 Å². The maximum Gasteiger partial charge on any atom is 0.181 e. The van der Waals surface area contributed by atoms with Crippen molar-refractivity contribution < 1.29 is 8.81 Å². The Morgan fingerprint density at radius 3 is 2.84 bits per heavy atom. The van der Waals surface area contributed by atoms with Crippen molar-refractivity contribution in [2.75, 3.05) is 6.54 Å². The van der Waals surface area contributed by atoms with E-state index >= 15 is 0 Å². The number of aromatic nitrogens is 1. The van der Waals surface area contributed by atoms with Gasteiger partial charge in [0.15, 0.2) is 12.2 Å². The molecule has 0 amide bonds. The SMILES string of the molecule is Cc1cc(F)ccc1-c1ocnc1CNCC(C)C. The standard InChI is InChI=1S/C15H19FN2O/c1-10(2)7-17-8-14-15(19-9-18-14)13-5-4-12(16)6-11(13)3/h4-6,9-10,17H,7-8H2,1-3H3. The summed E-state index contributed by atoms with van der Waals surface area (Å²) >= 11 is 0. The van der Waals surface area contributed by atoms with Gasteiger partial charge in [-0.25, -0.2) is 9.37 Å². The number of nitrogens with zero attached hydrogens (tertiary/aromatic N) is 1. The molecule has 0 atom stereocenters. The molecule has 0 spiro atoms. The molecule has 102 valence electrons. The first kappa shape index (κ1) is 13.7. The number of oxazole rings is 1. The van der Waals surface area contributed by atoms with Gasteiger partial charge in [-0.1, -0.05) is 13.8 Å². The lowest BCUT2D eigenvalue weighted by molar-refractivity contribution is 0.544. The minimum atomic E-state index is -0.236. The predicted molar refractivity (Wildman–Crippen MR) is 73.2 cm³/mol. The summed E-state index contributed by atoms with van der Waals surface area (Å²) in [7, 11) is 0. The zero-order valence-corrected chi connectivity index (χ0v) is 11.5. The van der Waals surface area contributed by atoms with Crippen molar-refractivity contribution >= 4 is 0 Å². The topological polar surface area (TPSA) is 38.1 Å². The van der Waals surface area contributed by atoms with Gasteiger partial charge in [-0.3, -0.25) is 0 Å². The Labute approximate surface area is 112 Å². The van der Waals surface area contributed by atoms with E-state index < -0.39 is 0 Å². The molecule has 0 radical (unpaired) electrons. The molecule has 2 aromatic rings. The van der Waals surface area contributed by atoms with Gasteiger partial charge in [0, 0.05) is 12.1 Å². The molecule has 0 saturated heterocycles. The van der Waals surface area contributed by atoms with Crippen LogP contribution in [-0.2, 0) is 6.54 Å². The number of rotatable bonds is 5. The molecule has 1 heterocycles. The fourth-order valence-corrected chi connectivity index (χ4v) is 1.98. The highest BCUT2D eigenvalue weighted by Gasteiger charge is 2.13. The van der Waals surface area contributed by atoms with Crippen LogP contribution in [0.3, 0.4) is 0 Å². The van der Waals surface area contributed by atoms with Crippen molar-refractivity contribution in [2.24, 2.45) is 5.92 Å². The van der Waals surface area contributed by atoms with Gasteiger partial charge in [-0.05, 0) is 43.1 Å². The van der Waals surface area contributed by atoms with Gasteiger partial charge in [0.2, 0.25) is 0 Å².